The molecule has 2 heterocycles. The lowest BCUT2D eigenvalue weighted by Gasteiger charge is -2.43. The van der Waals surface area contributed by atoms with Crippen LogP contribution in [-0.4, -0.2) is 30.2 Å². The summed E-state index contributed by atoms with van der Waals surface area (Å²) in [4.78, 5) is 38.2. The predicted molar refractivity (Wildman–Crippen MR) is 124 cm³/mol. The summed E-state index contributed by atoms with van der Waals surface area (Å²) in [5, 5.41) is 15.6. The topological polar surface area (TPSA) is 111 Å². The number of hydrogen-bond donors (Lipinski definition) is 5. The molecule has 0 aromatic heterocycles. The summed E-state index contributed by atoms with van der Waals surface area (Å²) in [6.07, 6.45) is -1.66. The van der Waals surface area contributed by atoms with Gasteiger partial charge >= 0.3 is 0 Å². The number of anilines is 2. The largest absolute Gasteiger partial charge is 0.353 e. The molecule has 4 rings (SSSR count). The molecule has 2 aliphatic heterocycles. The van der Waals surface area contributed by atoms with Crippen LogP contribution in [-0.2, 0) is 14.4 Å². The Labute approximate surface area is 203 Å². The van der Waals surface area contributed by atoms with Crippen molar-refractivity contribution in [2.45, 2.75) is 18.9 Å². The summed E-state index contributed by atoms with van der Waals surface area (Å²) in [7, 11) is 0. The predicted octanol–water partition coefficient (Wildman–Crippen LogP) is 3.43. The molecule has 2 aromatic carbocycles. The van der Waals surface area contributed by atoms with Gasteiger partial charge in [0.15, 0.2) is 6.29 Å². The monoisotopic (exact) mass is 515 g/mol. The van der Waals surface area contributed by atoms with E-state index >= 15 is 0 Å². The van der Waals surface area contributed by atoms with E-state index in [1.807, 2.05) is 0 Å². The van der Waals surface area contributed by atoms with Crippen molar-refractivity contribution in [3.63, 3.8) is 0 Å². The fourth-order valence-corrected chi connectivity index (χ4v) is 4.66. The number of carbonyl (C=O) groups is 3. The summed E-state index contributed by atoms with van der Waals surface area (Å²) >= 11 is 24.2. The molecule has 12 heteroatoms. The van der Waals surface area contributed by atoms with Crippen molar-refractivity contribution in [1.82, 2.24) is 16.0 Å². The normalized spacial score (nSPS) is 24.8. The Morgan fingerprint density at radius 2 is 1.72 bits per heavy atom. The molecule has 168 valence electrons. The fraction of sp³-hybridized carbons (Fsp3) is 0.250. The van der Waals surface area contributed by atoms with E-state index in [4.69, 9.17) is 46.4 Å². The molecule has 0 bridgehead atoms. The molecule has 0 radical (unpaired) electrons. The third kappa shape index (κ3) is 4.89. The lowest BCUT2D eigenvalue weighted by molar-refractivity contribution is -0.144. The third-order valence-corrected chi connectivity index (χ3v) is 6.43. The van der Waals surface area contributed by atoms with Crippen molar-refractivity contribution >= 4 is 75.5 Å². The summed E-state index contributed by atoms with van der Waals surface area (Å²) in [6.45, 7) is 0. The van der Waals surface area contributed by atoms with E-state index in [0.717, 1.165) is 0 Å². The number of fused-ring (bicyclic) bond motifs is 1. The van der Waals surface area contributed by atoms with Crippen LogP contribution in [0.3, 0.4) is 0 Å². The number of piperidine rings is 1. The van der Waals surface area contributed by atoms with Gasteiger partial charge in [-0.1, -0.05) is 52.5 Å². The Morgan fingerprint density at radius 3 is 2.44 bits per heavy atom. The molecule has 8 nitrogen and oxygen atoms in total. The second-order valence-corrected chi connectivity index (χ2v) is 9.04. The van der Waals surface area contributed by atoms with Crippen LogP contribution in [0.4, 0.5) is 11.4 Å². The first-order chi connectivity index (χ1) is 15.2. The Bertz CT molecular complexity index is 1080. The Balaban J connectivity index is 1.50. The van der Waals surface area contributed by atoms with Gasteiger partial charge in [0.25, 0.3) is 0 Å². The van der Waals surface area contributed by atoms with Crippen LogP contribution >= 0.6 is 46.4 Å². The Hall–Kier alpha value is -2.23. The van der Waals surface area contributed by atoms with Crippen molar-refractivity contribution in [3.8, 4) is 0 Å². The highest BCUT2D eigenvalue weighted by atomic mass is 35.5. The van der Waals surface area contributed by atoms with E-state index in [9.17, 15) is 14.4 Å². The minimum atomic E-state index is -0.919. The van der Waals surface area contributed by atoms with Gasteiger partial charge in [-0.2, -0.15) is 0 Å². The highest BCUT2D eigenvalue weighted by molar-refractivity contribution is 6.44. The number of carbonyl (C=O) groups excluding carboxylic acids is 3. The summed E-state index contributed by atoms with van der Waals surface area (Å²) in [6, 6.07) is 9.65. The van der Waals surface area contributed by atoms with Gasteiger partial charge in [-0.3, -0.25) is 19.7 Å². The zero-order valence-corrected chi connectivity index (χ0v) is 19.2. The van der Waals surface area contributed by atoms with E-state index in [-0.39, 0.29) is 22.4 Å². The molecule has 0 saturated carbocycles. The molecule has 4 atom stereocenters. The third-order valence-electron chi connectivity index (χ3n) is 5.17. The second-order valence-electron chi connectivity index (χ2n) is 7.38. The maximum atomic E-state index is 13.0. The maximum absolute atomic E-state index is 13.0. The van der Waals surface area contributed by atoms with E-state index < -0.39 is 36.1 Å². The van der Waals surface area contributed by atoms with Crippen molar-refractivity contribution in [2.75, 3.05) is 10.6 Å². The maximum Gasteiger partial charge on any atom is 0.229 e. The number of benzene rings is 2. The van der Waals surface area contributed by atoms with Crippen molar-refractivity contribution < 1.29 is 14.4 Å². The Morgan fingerprint density at radius 1 is 1.00 bits per heavy atom. The molecular formula is C20H17Cl4N5O3. The van der Waals surface area contributed by atoms with Crippen molar-refractivity contribution in [1.29, 1.82) is 0 Å². The smallest absolute Gasteiger partial charge is 0.229 e. The van der Waals surface area contributed by atoms with Crippen LogP contribution < -0.4 is 26.6 Å². The molecule has 5 N–H and O–H groups in total. The van der Waals surface area contributed by atoms with E-state index in [0.29, 0.717) is 21.4 Å². The van der Waals surface area contributed by atoms with Gasteiger partial charge in [0.1, 0.15) is 0 Å². The van der Waals surface area contributed by atoms with E-state index in [1.165, 1.54) is 0 Å². The molecule has 0 spiro atoms. The molecule has 4 unspecified atom stereocenters. The quantitative estimate of drug-likeness (QED) is 0.427. The van der Waals surface area contributed by atoms with Crippen LogP contribution in [0.2, 0.25) is 20.1 Å². The van der Waals surface area contributed by atoms with Gasteiger partial charge in [-0.15, -0.1) is 0 Å². The van der Waals surface area contributed by atoms with Gasteiger partial charge in [0.05, 0.1) is 33.7 Å². The summed E-state index contributed by atoms with van der Waals surface area (Å²) in [5.74, 6) is -3.04. The van der Waals surface area contributed by atoms with Crippen molar-refractivity contribution in [3.05, 3.63) is 56.5 Å². The average Bonchev–Trinajstić information content (AvgIpc) is 2.69. The molecule has 3 amide bonds. The number of nitrogens with one attached hydrogen (secondary N) is 5. The Kier molecular flexibility index (Phi) is 6.69. The zero-order valence-electron chi connectivity index (χ0n) is 16.2. The van der Waals surface area contributed by atoms with Gasteiger partial charge in [0.2, 0.25) is 17.7 Å². The summed E-state index contributed by atoms with van der Waals surface area (Å²) < 4.78 is 0. The van der Waals surface area contributed by atoms with Crippen LogP contribution in [0, 0.1) is 11.8 Å². The molecule has 32 heavy (non-hydrogen) atoms. The van der Waals surface area contributed by atoms with Crippen LogP contribution in [0.25, 0.3) is 0 Å². The molecule has 2 aromatic rings. The van der Waals surface area contributed by atoms with Crippen molar-refractivity contribution in [2.24, 2.45) is 11.8 Å². The number of amides is 3. The number of hydrogen-bond acceptors (Lipinski definition) is 5. The molecular weight excluding hydrogens is 500 g/mol. The van der Waals surface area contributed by atoms with Crippen LogP contribution in [0.1, 0.15) is 6.42 Å². The zero-order chi connectivity index (χ0) is 23.0. The van der Waals surface area contributed by atoms with Crippen LogP contribution in [0.15, 0.2) is 36.4 Å². The fourth-order valence-electron chi connectivity index (χ4n) is 3.78. The molecule has 2 fully saturated rings. The summed E-state index contributed by atoms with van der Waals surface area (Å²) in [5.41, 5.74) is 0.860. The minimum Gasteiger partial charge on any atom is -0.353 e. The first-order valence-corrected chi connectivity index (χ1v) is 11.1. The SMILES string of the molecule is O=C1CC(C(=O)Nc2cccc(Cl)c2Cl)C2C(=O)NC(Nc3cc(Cl)cc(Cl)c3)NC2N1. The molecule has 2 saturated heterocycles. The van der Waals surface area contributed by atoms with E-state index in [1.54, 1.807) is 36.4 Å². The van der Waals surface area contributed by atoms with Gasteiger partial charge in [0, 0.05) is 22.2 Å². The highest BCUT2D eigenvalue weighted by Gasteiger charge is 2.48. The second kappa shape index (κ2) is 9.33. The standard InChI is InChI=1S/C20H17Cl4N5O3/c21-8-4-9(22)6-10(5-8)25-20-28-17-15(19(32)29-20)11(7-14(30)27-17)18(31)26-13-3-1-2-12(23)16(13)24/h1-6,11,15,17,20,25,28H,7H2,(H,26,31)(H,27,30)(H,29,32). The lowest BCUT2D eigenvalue weighted by atomic mass is 9.81. The van der Waals surface area contributed by atoms with Gasteiger partial charge < -0.3 is 21.3 Å². The number of rotatable bonds is 4. The first-order valence-electron chi connectivity index (χ1n) is 9.54. The highest BCUT2D eigenvalue weighted by Crippen LogP contribution is 2.32. The first kappa shape index (κ1) is 22.9. The lowest BCUT2D eigenvalue weighted by Crippen LogP contribution is -2.72. The van der Waals surface area contributed by atoms with Gasteiger partial charge in [-0.25, -0.2) is 0 Å². The number of halogens is 4. The van der Waals surface area contributed by atoms with Gasteiger partial charge in [-0.05, 0) is 30.3 Å². The molecule has 2 aliphatic rings. The minimum absolute atomic E-state index is 0.151. The average molecular weight is 517 g/mol. The van der Waals surface area contributed by atoms with E-state index in [2.05, 4.69) is 26.6 Å². The molecule has 0 aliphatic carbocycles. The van der Waals surface area contributed by atoms with Crippen LogP contribution in [0.5, 0.6) is 0 Å².